The minimum atomic E-state index is 0.256. The minimum absolute atomic E-state index is 0.256. The first-order valence-electron chi connectivity index (χ1n) is 12.0. The summed E-state index contributed by atoms with van der Waals surface area (Å²) >= 11 is 12.7. The smallest absolute Gasteiger partial charge is 0.259 e. The number of halogens is 2. The van der Waals surface area contributed by atoms with Crippen molar-refractivity contribution >= 4 is 46.6 Å². The van der Waals surface area contributed by atoms with Gasteiger partial charge in [0.05, 0.1) is 22.0 Å². The summed E-state index contributed by atoms with van der Waals surface area (Å²) in [5.41, 5.74) is 7.09. The highest BCUT2D eigenvalue weighted by Gasteiger charge is 2.27. The first kappa shape index (κ1) is 23.3. The molecule has 4 aromatic heterocycles. The number of aromatic nitrogens is 6. The summed E-state index contributed by atoms with van der Waals surface area (Å²) in [5, 5.41) is 5.58. The molecule has 0 radical (unpaired) electrons. The highest BCUT2D eigenvalue weighted by Crippen LogP contribution is 2.33. The Morgan fingerprint density at radius 1 is 1.00 bits per heavy atom. The molecular weight excluding hydrogens is 503 g/mol. The van der Waals surface area contributed by atoms with E-state index >= 15 is 0 Å². The van der Waals surface area contributed by atoms with E-state index in [2.05, 4.69) is 39.7 Å². The van der Waals surface area contributed by atoms with Crippen LogP contribution >= 0.6 is 23.2 Å². The summed E-state index contributed by atoms with van der Waals surface area (Å²) in [6.07, 6.45) is 7.12. The number of piperazine rings is 1. The summed E-state index contributed by atoms with van der Waals surface area (Å²) in [6, 6.07) is 3.59. The molecule has 13 heteroatoms. The summed E-state index contributed by atoms with van der Waals surface area (Å²) in [7, 11) is 0. The maximum absolute atomic E-state index is 6.36. The van der Waals surface area contributed by atoms with Crippen molar-refractivity contribution in [1.82, 2.24) is 34.4 Å². The molecule has 2 aliphatic rings. The molecule has 6 heterocycles. The molecule has 0 saturated carbocycles. The van der Waals surface area contributed by atoms with Crippen LogP contribution in [0.15, 0.2) is 35.2 Å². The van der Waals surface area contributed by atoms with Gasteiger partial charge in [0, 0.05) is 58.2 Å². The lowest BCUT2D eigenvalue weighted by Crippen LogP contribution is -2.50. The lowest BCUT2D eigenvalue weighted by atomic mass is 9.97. The predicted molar refractivity (Wildman–Crippen MR) is 139 cm³/mol. The van der Waals surface area contributed by atoms with Crippen LogP contribution in [0.25, 0.3) is 17.4 Å². The fourth-order valence-electron chi connectivity index (χ4n) is 5.07. The van der Waals surface area contributed by atoms with Crippen molar-refractivity contribution in [3.63, 3.8) is 0 Å². The predicted octanol–water partition coefficient (Wildman–Crippen LogP) is 3.10. The summed E-state index contributed by atoms with van der Waals surface area (Å²) in [6.45, 7) is 6.44. The van der Waals surface area contributed by atoms with Crippen molar-refractivity contribution in [2.45, 2.75) is 12.8 Å². The Morgan fingerprint density at radius 2 is 1.81 bits per heavy atom. The van der Waals surface area contributed by atoms with Gasteiger partial charge in [0.1, 0.15) is 0 Å². The molecule has 6 rings (SSSR count). The highest BCUT2D eigenvalue weighted by molar-refractivity contribution is 6.38. The largest absolute Gasteiger partial charge is 0.461 e. The molecule has 1 unspecified atom stereocenters. The third kappa shape index (κ3) is 4.54. The Kier molecular flexibility index (Phi) is 6.28. The number of furan rings is 1. The third-order valence-corrected chi connectivity index (χ3v) is 7.35. The molecule has 0 amide bonds. The number of pyridine rings is 1. The van der Waals surface area contributed by atoms with Gasteiger partial charge in [-0.1, -0.05) is 23.2 Å². The molecule has 2 fully saturated rings. The lowest BCUT2D eigenvalue weighted by molar-refractivity contribution is 0.205. The summed E-state index contributed by atoms with van der Waals surface area (Å²) < 4.78 is 6.85. The molecule has 0 aromatic carbocycles. The highest BCUT2D eigenvalue weighted by atomic mass is 35.5. The quantitative estimate of drug-likeness (QED) is 0.413. The zero-order chi connectivity index (χ0) is 24.6. The standard InChI is InChI=1S/C23H26Cl2N10O/c24-16-11-27-12-17(25)19(16)33-8-6-32(7-9-33)13-15-3-1-5-34(14-15)22-29-21(26)35-23(30-22)28-20(31-35)18-4-2-10-36-18/h2,4,10-12,15H,1,3,5-9,13-14H2,(H2,26,28,29,30,31). The topological polar surface area (TPSA) is 118 Å². The van der Waals surface area contributed by atoms with E-state index in [-0.39, 0.29) is 5.95 Å². The van der Waals surface area contributed by atoms with Crippen molar-refractivity contribution < 1.29 is 4.42 Å². The fraction of sp³-hybridized carbons (Fsp3) is 0.435. The van der Waals surface area contributed by atoms with Crippen LogP contribution in [0.4, 0.5) is 17.6 Å². The molecular formula is C23H26Cl2N10O. The first-order chi connectivity index (χ1) is 17.5. The molecule has 0 bridgehead atoms. The van der Waals surface area contributed by atoms with Gasteiger partial charge in [0.15, 0.2) is 5.76 Å². The van der Waals surface area contributed by atoms with E-state index in [1.54, 1.807) is 30.8 Å². The zero-order valence-electron chi connectivity index (χ0n) is 19.6. The van der Waals surface area contributed by atoms with E-state index in [9.17, 15) is 0 Å². The maximum atomic E-state index is 6.36. The Bertz CT molecular complexity index is 1330. The third-order valence-electron chi connectivity index (χ3n) is 6.80. The Hall–Kier alpha value is -3.15. The van der Waals surface area contributed by atoms with Gasteiger partial charge in [-0.2, -0.15) is 19.5 Å². The van der Waals surface area contributed by atoms with Crippen LogP contribution < -0.4 is 15.5 Å². The van der Waals surface area contributed by atoms with Crippen LogP contribution in [0.2, 0.25) is 10.0 Å². The molecule has 2 aliphatic heterocycles. The molecule has 188 valence electrons. The lowest BCUT2D eigenvalue weighted by Gasteiger charge is -2.40. The second-order valence-electron chi connectivity index (χ2n) is 9.20. The van der Waals surface area contributed by atoms with Crippen molar-refractivity contribution in [3.8, 4) is 11.6 Å². The van der Waals surface area contributed by atoms with Crippen molar-refractivity contribution in [1.29, 1.82) is 0 Å². The Balaban J connectivity index is 1.11. The van der Waals surface area contributed by atoms with E-state index in [1.165, 1.54) is 10.9 Å². The average Bonchev–Trinajstić information content (AvgIpc) is 3.56. The number of nitrogens with two attached hydrogens (primary N) is 1. The molecule has 0 aliphatic carbocycles. The van der Waals surface area contributed by atoms with Gasteiger partial charge in [-0.25, -0.2) is 0 Å². The number of piperidine rings is 1. The second-order valence-corrected chi connectivity index (χ2v) is 10.0. The van der Waals surface area contributed by atoms with Crippen molar-refractivity contribution in [2.75, 3.05) is 61.3 Å². The van der Waals surface area contributed by atoms with Gasteiger partial charge in [0.2, 0.25) is 17.7 Å². The number of rotatable bonds is 5. The van der Waals surface area contributed by atoms with Crippen LogP contribution in [-0.4, -0.2) is 80.3 Å². The van der Waals surface area contributed by atoms with Crippen LogP contribution in [0, 0.1) is 5.92 Å². The maximum Gasteiger partial charge on any atom is 0.259 e. The monoisotopic (exact) mass is 528 g/mol. The summed E-state index contributed by atoms with van der Waals surface area (Å²) in [4.78, 5) is 24.7. The van der Waals surface area contributed by atoms with E-state index in [0.717, 1.165) is 57.9 Å². The Morgan fingerprint density at radius 3 is 2.56 bits per heavy atom. The van der Waals surface area contributed by atoms with Gasteiger partial charge in [-0.15, -0.1) is 5.10 Å². The SMILES string of the molecule is Nc1nc(N2CCCC(CN3CCN(c4c(Cl)cncc4Cl)CC3)C2)nc2nc(-c3ccco3)nn12. The fourth-order valence-corrected chi connectivity index (χ4v) is 5.67. The molecule has 1 atom stereocenters. The number of anilines is 3. The number of hydrogen-bond donors (Lipinski definition) is 1. The van der Waals surface area contributed by atoms with Crippen LogP contribution in [-0.2, 0) is 0 Å². The minimum Gasteiger partial charge on any atom is -0.461 e. The van der Waals surface area contributed by atoms with E-state index < -0.39 is 0 Å². The van der Waals surface area contributed by atoms with Gasteiger partial charge in [-0.05, 0) is 30.9 Å². The number of fused-ring (bicyclic) bond motifs is 1. The molecule has 11 nitrogen and oxygen atoms in total. The average molecular weight is 529 g/mol. The molecule has 2 N–H and O–H groups in total. The molecule has 4 aromatic rings. The van der Waals surface area contributed by atoms with Gasteiger partial charge in [-0.3, -0.25) is 9.88 Å². The first-order valence-corrected chi connectivity index (χ1v) is 12.8. The molecule has 36 heavy (non-hydrogen) atoms. The molecule has 2 saturated heterocycles. The number of nitrogen functional groups attached to an aromatic ring is 1. The number of hydrogen-bond acceptors (Lipinski definition) is 10. The van der Waals surface area contributed by atoms with E-state index in [0.29, 0.717) is 39.3 Å². The van der Waals surface area contributed by atoms with Crippen molar-refractivity contribution in [2.24, 2.45) is 5.92 Å². The van der Waals surface area contributed by atoms with Crippen LogP contribution in [0.5, 0.6) is 0 Å². The van der Waals surface area contributed by atoms with Gasteiger partial charge < -0.3 is 20.0 Å². The van der Waals surface area contributed by atoms with Gasteiger partial charge >= 0.3 is 0 Å². The molecule has 0 spiro atoms. The van der Waals surface area contributed by atoms with E-state index in [4.69, 9.17) is 33.4 Å². The van der Waals surface area contributed by atoms with E-state index in [1.807, 2.05) is 0 Å². The Labute approximate surface area is 217 Å². The van der Waals surface area contributed by atoms with Gasteiger partial charge in [0.25, 0.3) is 5.78 Å². The zero-order valence-corrected chi connectivity index (χ0v) is 21.1. The van der Waals surface area contributed by atoms with Crippen LogP contribution in [0.3, 0.4) is 0 Å². The van der Waals surface area contributed by atoms with Crippen LogP contribution in [0.1, 0.15) is 12.8 Å². The normalized spacial score (nSPS) is 19.3. The van der Waals surface area contributed by atoms with Crippen molar-refractivity contribution in [3.05, 3.63) is 40.8 Å². The summed E-state index contributed by atoms with van der Waals surface area (Å²) in [5.74, 6) is 2.77. The second kappa shape index (κ2) is 9.72. The number of nitrogens with zero attached hydrogens (tertiary/aromatic N) is 9.